The minimum atomic E-state index is -0.322. The molecule has 74 valence electrons. The first-order chi connectivity index (χ1) is 5.81. The summed E-state index contributed by atoms with van der Waals surface area (Å²) in [5, 5.41) is 0. The molecule has 0 aliphatic rings. The van der Waals surface area contributed by atoms with Crippen molar-refractivity contribution >= 4 is 3.98 Å². The summed E-state index contributed by atoms with van der Waals surface area (Å²) in [4.78, 5) is 10.9. The second-order valence-electron chi connectivity index (χ2n) is 2.55. The number of carbonyl (C=O) groups excluding carboxylic acids is 1. The van der Waals surface area contributed by atoms with E-state index in [-0.39, 0.29) is 25.2 Å². The molecule has 0 aromatic carbocycles. The summed E-state index contributed by atoms with van der Waals surface area (Å²) in [6.07, 6.45) is 4.71. The van der Waals surface area contributed by atoms with Gasteiger partial charge in [0.15, 0.2) is 0 Å². The fourth-order valence-electron chi connectivity index (χ4n) is 0.829. The van der Waals surface area contributed by atoms with Gasteiger partial charge in [-0.15, -0.1) is 0 Å². The Morgan fingerprint density at radius 3 is 2.58 bits per heavy atom. The average Bonchev–Trinajstić information content (AvgIpc) is 2.05. The SMILES string of the molecule is CCCCCCOC(=O)[I-]CC. The van der Waals surface area contributed by atoms with Crippen molar-refractivity contribution < 1.29 is 30.7 Å². The quantitative estimate of drug-likeness (QED) is 0.280. The van der Waals surface area contributed by atoms with Crippen molar-refractivity contribution in [3.63, 3.8) is 0 Å². The molecule has 0 aliphatic carbocycles. The first-order valence-corrected chi connectivity index (χ1v) is 7.17. The second-order valence-corrected chi connectivity index (χ2v) is 5.72. The van der Waals surface area contributed by atoms with Crippen LogP contribution in [-0.4, -0.2) is 15.0 Å². The molecule has 0 fully saturated rings. The summed E-state index contributed by atoms with van der Waals surface area (Å²) in [5.41, 5.74) is 0. The predicted octanol–water partition coefficient (Wildman–Crippen LogP) is -0.188. The van der Waals surface area contributed by atoms with E-state index in [1.165, 1.54) is 19.3 Å². The maximum absolute atomic E-state index is 10.9. The van der Waals surface area contributed by atoms with Gasteiger partial charge in [0.05, 0.1) is 0 Å². The van der Waals surface area contributed by atoms with Gasteiger partial charge in [-0.2, -0.15) is 0 Å². The number of ether oxygens (including phenoxy) is 1. The Bertz CT molecular complexity index is 115. The predicted molar refractivity (Wildman–Crippen MR) is 46.0 cm³/mol. The average molecular weight is 285 g/mol. The van der Waals surface area contributed by atoms with Crippen molar-refractivity contribution in [1.82, 2.24) is 0 Å². The first kappa shape index (κ1) is 12.2. The summed E-state index contributed by atoms with van der Waals surface area (Å²) < 4.78 is 6.09. The summed E-state index contributed by atoms with van der Waals surface area (Å²) in [6.45, 7) is 4.85. The van der Waals surface area contributed by atoms with Gasteiger partial charge >= 0.3 is 85.3 Å². The van der Waals surface area contributed by atoms with Gasteiger partial charge in [-0.25, -0.2) is 0 Å². The summed E-state index contributed by atoms with van der Waals surface area (Å²) in [5.74, 6) is 0. The molecule has 0 heterocycles. The second kappa shape index (κ2) is 9.29. The zero-order valence-corrected chi connectivity index (χ0v) is 10.1. The van der Waals surface area contributed by atoms with Crippen LogP contribution in [0.15, 0.2) is 0 Å². The van der Waals surface area contributed by atoms with Crippen LogP contribution in [0.5, 0.6) is 0 Å². The number of hydrogen-bond acceptors (Lipinski definition) is 2. The van der Waals surface area contributed by atoms with Crippen LogP contribution in [0.25, 0.3) is 0 Å². The Morgan fingerprint density at radius 2 is 2.00 bits per heavy atom. The van der Waals surface area contributed by atoms with E-state index in [0.29, 0.717) is 6.61 Å². The zero-order valence-electron chi connectivity index (χ0n) is 7.94. The fourth-order valence-corrected chi connectivity index (χ4v) is 1.89. The maximum atomic E-state index is 10.9. The van der Waals surface area contributed by atoms with Gasteiger partial charge in [0.1, 0.15) is 0 Å². The third kappa shape index (κ3) is 8.30. The molecular formula is C9H18IO2-. The molecule has 3 heteroatoms. The van der Waals surface area contributed by atoms with Crippen molar-refractivity contribution in [2.75, 3.05) is 11.0 Å². The first-order valence-electron chi connectivity index (χ1n) is 4.57. The molecule has 0 spiro atoms. The van der Waals surface area contributed by atoms with E-state index in [0.717, 1.165) is 10.8 Å². The molecule has 0 N–H and O–H groups in total. The Morgan fingerprint density at radius 1 is 1.25 bits per heavy atom. The number of alkyl halides is 1. The van der Waals surface area contributed by atoms with E-state index >= 15 is 0 Å². The standard InChI is InChI=1S/C9H18IO2/c1-3-5-6-7-8-12-9(11)10-4-2/h3-8H2,1-2H3/q-1. The van der Waals surface area contributed by atoms with Crippen molar-refractivity contribution in [1.29, 1.82) is 0 Å². The molecule has 0 aromatic heterocycles. The normalized spacial score (nSPS) is 10.2. The third-order valence-corrected chi connectivity index (χ3v) is 3.15. The number of hydrogen-bond donors (Lipinski definition) is 0. The van der Waals surface area contributed by atoms with Crippen LogP contribution in [0, 0.1) is 0 Å². The Hall–Kier alpha value is 0.200. The number of rotatable bonds is 7. The van der Waals surface area contributed by atoms with Gasteiger partial charge in [-0.3, -0.25) is 0 Å². The van der Waals surface area contributed by atoms with Crippen LogP contribution < -0.4 is 21.2 Å². The molecule has 0 saturated heterocycles. The Kier molecular flexibility index (Phi) is 9.44. The number of halogens is 1. The van der Waals surface area contributed by atoms with Crippen molar-refractivity contribution in [2.24, 2.45) is 0 Å². The molecule has 0 saturated carbocycles. The molecular weight excluding hydrogens is 267 g/mol. The topological polar surface area (TPSA) is 26.3 Å². The van der Waals surface area contributed by atoms with Crippen LogP contribution >= 0.6 is 0 Å². The number of carbonyl (C=O) groups is 1. The fraction of sp³-hybridized carbons (Fsp3) is 0.889. The molecule has 0 amide bonds. The van der Waals surface area contributed by atoms with E-state index in [1.54, 1.807) is 0 Å². The Balaban J connectivity index is 3.03. The molecule has 0 rings (SSSR count). The van der Waals surface area contributed by atoms with E-state index < -0.39 is 0 Å². The van der Waals surface area contributed by atoms with E-state index in [2.05, 4.69) is 6.92 Å². The van der Waals surface area contributed by atoms with Crippen LogP contribution in [0.2, 0.25) is 0 Å². The number of unbranched alkanes of at least 4 members (excludes halogenated alkanes) is 3. The zero-order chi connectivity index (χ0) is 9.23. The Labute approximate surface area is 85.3 Å². The van der Waals surface area contributed by atoms with Crippen LogP contribution in [-0.2, 0) is 4.74 Å². The van der Waals surface area contributed by atoms with Crippen LogP contribution in [0.1, 0.15) is 39.5 Å². The summed E-state index contributed by atoms with van der Waals surface area (Å²) >= 11 is -0.322. The molecule has 0 atom stereocenters. The van der Waals surface area contributed by atoms with Crippen LogP contribution in [0.4, 0.5) is 4.79 Å². The van der Waals surface area contributed by atoms with E-state index in [4.69, 9.17) is 4.74 Å². The summed E-state index contributed by atoms with van der Waals surface area (Å²) in [7, 11) is 0. The molecule has 0 bridgehead atoms. The molecule has 2 nitrogen and oxygen atoms in total. The minimum absolute atomic E-state index is 0.0628. The van der Waals surface area contributed by atoms with Gasteiger partial charge < -0.3 is 0 Å². The van der Waals surface area contributed by atoms with Gasteiger partial charge in [0, 0.05) is 0 Å². The molecule has 0 aliphatic heterocycles. The molecule has 0 aromatic rings. The monoisotopic (exact) mass is 285 g/mol. The molecule has 0 radical (unpaired) electrons. The van der Waals surface area contributed by atoms with Crippen molar-refractivity contribution in [3.8, 4) is 0 Å². The molecule has 12 heavy (non-hydrogen) atoms. The van der Waals surface area contributed by atoms with Crippen molar-refractivity contribution in [2.45, 2.75) is 39.5 Å². The molecule has 0 unspecified atom stereocenters. The van der Waals surface area contributed by atoms with Gasteiger partial charge in [0.25, 0.3) is 0 Å². The summed E-state index contributed by atoms with van der Waals surface area (Å²) in [6, 6.07) is 0. The van der Waals surface area contributed by atoms with Crippen molar-refractivity contribution in [3.05, 3.63) is 0 Å². The van der Waals surface area contributed by atoms with Gasteiger partial charge in [-0.1, -0.05) is 0 Å². The van der Waals surface area contributed by atoms with Crippen LogP contribution in [0.3, 0.4) is 0 Å². The van der Waals surface area contributed by atoms with Gasteiger partial charge in [-0.05, 0) is 0 Å². The van der Waals surface area contributed by atoms with E-state index in [1.807, 2.05) is 6.92 Å². The third-order valence-electron chi connectivity index (χ3n) is 1.46. The van der Waals surface area contributed by atoms with E-state index in [9.17, 15) is 4.79 Å². The van der Waals surface area contributed by atoms with Gasteiger partial charge in [0.2, 0.25) is 0 Å².